The van der Waals surface area contributed by atoms with Crippen molar-refractivity contribution in [3.8, 4) is 5.75 Å². The summed E-state index contributed by atoms with van der Waals surface area (Å²) in [6, 6.07) is 8.39. The molecule has 1 saturated carbocycles. The van der Waals surface area contributed by atoms with E-state index in [1.807, 2.05) is 12.1 Å². The number of halogens is 1. The minimum absolute atomic E-state index is 0.372. The van der Waals surface area contributed by atoms with Gasteiger partial charge in [0.05, 0.1) is 0 Å². The summed E-state index contributed by atoms with van der Waals surface area (Å²) >= 11 is 3.50. The van der Waals surface area contributed by atoms with E-state index in [0.717, 1.165) is 24.5 Å². The molecular weight excluding hydrogens is 278 g/mol. The molecule has 0 heterocycles. The second kappa shape index (κ2) is 6.41. The van der Waals surface area contributed by atoms with Gasteiger partial charge in [0, 0.05) is 17.9 Å². The average Bonchev–Trinajstić information content (AvgIpc) is 2.23. The molecule has 2 nitrogen and oxygen atoms in total. The normalized spacial score (nSPS) is 16.1. The van der Waals surface area contributed by atoms with Crippen molar-refractivity contribution in [3.05, 3.63) is 29.8 Å². The van der Waals surface area contributed by atoms with E-state index in [9.17, 15) is 5.11 Å². The van der Waals surface area contributed by atoms with Crippen LogP contribution in [0.4, 0.5) is 0 Å². The molecule has 1 N–H and O–H groups in total. The van der Waals surface area contributed by atoms with Crippen LogP contribution in [0.2, 0.25) is 0 Å². The van der Waals surface area contributed by atoms with Gasteiger partial charge in [-0.05, 0) is 43.5 Å². The van der Waals surface area contributed by atoms with E-state index < -0.39 is 0 Å². The van der Waals surface area contributed by atoms with Crippen molar-refractivity contribution in [2.45, 2.75) is 38.3 Å². The van der Waals surface area contributed by atoms with Gasteiger partial charge in [0.15, 0.2) is 0 Å². The predicted molar refractivity (Wildman–Crippen MR) is 74.6 cm³/mol. The van der Waals surface area contributed by atoms with Gasteiger partial charge in [-0.15, -0.1) is 0 Å². The number of hydrogen-bond donors (Lipinski definition) is 1. The minimum Gasteiger partial charge on any atom is -0.508 e. The standard InChI is InChI=1S/C14H20BrNO/c15-8-3-9-16(13-5-2-6-13)11-12-4-1-7-14(17)10-12/h1,4,7,10,13,17H,2-3,5-6,8-9,11H2. The Morgan fingerprint density at radius 1 is 1.35 bits per heavy atom. The van der Waals surface area contributed by atoms with Gasteiger partial charge < -0.3 is 5.11 Å². The molecule has 0 saturated heterocycles. The van der Waals surface area contributed by atoms with Gasteiger partial charge in [-0.2, -0.15) is 0 Å². The maximum absolute atomic E-state index is 9.49. The second-order valence-corrected chi connectivity index (χ2v) is 5.56. The fourth-order valence-corrected chi connectivity index (χ4v) is 2.55. The zero-order chi connectivity index (χ0) is 12.1. The molecule has 0 atom stereocenters. The largest absolute Gasteiger partial charge is 0.508 e. The molecule has 1 aliphatic rings. The summed E-state index contributed by atoms with van der Waals surface area (Å²) in [7, 11) is 0. The van der Waals surface area contributed by atoms with Crippen LogP contribution in [-0.2, 0) is 6.54 Å². The second-order valence-electron chi connectivity index (χ2n) is 4.77. The third kappa shape index (κ3) is 3.71. The maximum Gasteiger partial charge on any atom is 0.115 e. The zero-order valence-corrected chi connectivity index (χ0v) is 11.7. The SMILES string of the molecule is Oc1cccc(CN(CCCBr)C2CCC2)c1. The fourth-order valence-electron chi connectivity index (χ4n) is 2.29. The highest BCUT2D eigenvalue weighted by Gasteiger charge is 2.24. The van der Waals surface area contributed by atoms with Crippen molar-refractivity contribution in [3.63, 3.8) is 0 Å². The lowest BCUT2D eigenvalue weighted by atomic mass is 9.91. The molecule has 0 spiro atoms. The van der Waals surface area contributed by atoms with Gasteiger partial charge in [0.1, 0.15) is 5.75 Å². The van der Waals surface area contributed by atoms with E-state index in [0.29, 0.717) is 5.75 Å². The van der Waals surface area contributed by atoms with Crippen molar-refractivity contribution in [2.75, 3.05) is 11.9 Å². The van der Waals surface area contributed by atoms with Gasteiger partial charge in [-0.25, -0.2) is 0 Å². The lowest BCUT2D eigenvalue weighted by Gasteiger charge is -2.37. The van der Waals surface area contributed by atoms with Crippen LogP contribution in [0.3, 0.4) is 0 Å². The molecule has 1 aromatic rings. The lowest BCUT2D eigenvalue weighted by Crippen LogP contribution is -2.40. The first-order valence-corrected chi connectivity index (χ1v) is 7.49. The maximum atomic E-state index is 9.49. The Bertz CT molecular complexity index is 352. The first kappa shape index (κ1) is 12.9. The van der Waals surface area contributed by atoms with E-state index >= 15 is 0 Å². The molecule has 17 heavy (non-hydrogen) atoms. The molecule has 1 aliphatic carbocycles. The molecule has 0 radical (unpaired) electrons. The van der Waals surface area contributed by atoms with Crippen molar-refractivity contribution >= 4 is 15.9 Å². The van der Waals surface area contributed by atoms with Crippen LogP contribution in [0.15, 0.2) is 24.3 Å². The highest BCUT2D eigenvalue weighted by Crippen LogP contribution is 2.27. The Morgan fingerprint density at radius 3 is 2.76 bits per heavy atom. The smallest absolute Gasteiger partial charge is 0.115 e. The summed E-state index contributed by atoms with van der Waals surface area (Å²) in [6.07, 6.45) is 5.23. The third-order valence-corrected chi connectivity index (χ3v) is 4.03. The van der Waals surface area contributed by atoms with E-state index in [1.54, 1.807) is 6.07 Å². The van der Waals surface area contributed by atoms with Crippen LogP contribution in [0, 0.1) is 0 Å². The van der Waals surface area contributed by atoms with Crippen LogP contribution in [0.25, 0.3) is 0 Å². The Balaban J connectivity index is 1.95. The molecule has 0 amide bonds. The van der Waals surface area contributed by atoms with Crippen molar-refractivity contribution in [2.24, 2.45) is 0 Å². The number of hydrogen-bond acceptors (Lipinski definition) is 2. The molecule has 0 aliphatic heterocycles. The molecular formula is C14H20BrNO. The Morgan fingerprint density at radius 2 is 2.18 bits per heavy atom. The summed E-state index contributed by atoms with van der Waals surface area (Å²) in [5.41, 5.74) is 1.21. The zero-order valence-electron chi connectivity index (χ0n) is 10.1. The first-order chi connectivity index (χ1) is 8.29. The summed E-state index contributed by atoms with van der Waals surface area (Å²) < 4.78 is 0. The van der Waals surface area contributed by atoms with Gasteiger partial charge in [-0.1, -0.05) is 34.5 Å². The van der Waals surface area contributed by atoms with Crippen LogP contribution >= 0.6 is 15.9 Å². The molecule has 1 fully saturated rings. The van der Waals surface area contributed by atoms with Crippen LogP contribution < -0.4 is 0 Å². The lowest BCUT2D eigenvalue weighted by molar-refractivity contribution is 0.120. The van der Waals surface area contributed by atoms with Crippen LogP contribution in [-0.4, -0.2) is 27.9 Å². The van der Waals surface area contributed by atoms with Gasteiger partial charge in [-0.3, -0.25) is 4.90 Å². The summed E-state index contributed by atoms with van der Waals surface area (Å²) in [6.45, 7) is 2.11. The van der Waals surface area contributed by atoms with Crippen molar-refractivity contribution in [1.29, 1.82) is 0 Å². The quantitative estimate of drug-likeness (QED) is 0.812. The number of nitrogens with zero attached hydrogens (tertiary/aromatic N) is 1. The monoisotopic (exact) mass is 297 g/mol. The van der Waals surface area contributed by atoms with E-state index in [-0.39, 0.29) is 0 Å². The Hall–Kier alpha value is -0.540. The van der Waals surface area contributed by atoms with Gasteiger partial charge in [0.2, 0.25) is 0 Å². The number of phenolic OH excluding ortho intramolecular Hbond substituents is 1. The molecule has 0 unspecified atom stereocenters. The Kier molecular flexibility index (Phi) is 4.86. The molecule has 94 valence electrons. The van der Waals surface area contributed by atoms with Crippen molar-refractivity contribution in [1.82, 2.24) is 4.90 Å². The van der Waals surface area contributed by atoms with Crippen molar-refractivity contribution < 1.29 is 5.11 Å². The molecule has 1 aromatic carbocycles. The minimum atomic E-state index is 0.372. The van der Waals surface area contributed by atoms with E-state index in [1.165, 1.54) is 31.2 Å². The number of rotatable bonds is 6. The van der Waals surface area contributed by atoms with Crippen LogP contribution in [0.1, 0.15) is 31.2 Å². The first-order valence-electron chi connectivity index (χ1n) is 6.37. The summed E-state index contributed by atoms with van der Waals surface area (Å²) in [5.74, 6) is 0.372. The number of alkyl halides is 1. The van der Waals surface area contributed by atoms with E-state index in [2.05, 4.69) is 26.9 Å². The number of phenols is 1. The molecule has 0 bridgehead atoms. The molecule has 0 aromatic heterocycles. The molecule has 3 heteroatoms. The fraction of sp³-hybridized carbons (Fsp3) is 0.571. The van der Waals surface area contributed by atoms with Crippen LogP contribution in [0.5, 0.6) is 5.75 Å². The number of aromatic hydroxyl groups is 1. The topological polar surface area (TPSA) is 23.5 Å². The van der Waals surface area contributed by atoms with Gasteiger partial charge in [0.25, 0.3) is 0 Å². The third-order valence-electron chi connectivity index (χ3n) is 3.47. The van der Waals surface area contributed by atoms with E-state index in [4.69, 9.17) is 0 Å². The average molecular weight is 298 g/mol. The number of benzene rings is 1. The summed E-state index contributed by atoms with van der Waals surface area (Å²) in [5, 5.41) is 10.6. The molecule has 2 rings (SSSR count). The highest BCUT2D eigenvalue weighted by molar-refractivity contribution is 9.09. The van der Waals surface area contributed by atoms with Gasteiger partial charge >= 0.3 is 0 Å². The summed E-state index contributed by atoms with van der Waals surface area (Å²) in [4.78, 5) is 2.56. The Labute approximate surface area is 112 Å². The highest BCUT2D eigenvalue weighted by atomic mass is 79.9. The predicted octanol–water partition coefficient (Wildman–Crippen LogP) is 3.53.